The van der Waals surface area contributed by atoms with E-state index in [9.17, 15) is 0 Å². The van der Waals surface area contributed by atoms with E-state index in [1.54, 1.807) is 0 Å². The van der Waals surface area contributed by atoms with Crippen LogP contribution in [0, 0.1) is 0 Å². The fourth-order valence-electron chi connectivity index (χ4n) is 0. The van der Waals surface area contributed by atoms with E-state index in [0.717, 1.165) is 0 Å². The maximum absolute atomic E-state index is 0. The Morgan fingerprint density at radius 2 is 0.750 bits per heavy atom. The summed E-state index contributed by atoms with van der Waals surface area (Å²) in [4.78, 5) is 0. The van der Waals surface area contributed by atoms with E-state index in [-0.39, 0.29) is 57.4 Å². The molecule has 0 amide bonds. The van der Waals surface area contributed by atoms with E-state index in [0.29, 0.717) is 0 Å². The third-order valence-electron chi connectivity index (χ3n) is 0. The van der Waals surface area contributed by atoms with Crippen LogP contribution in [0.1, 0.15) is 0 Å². The molecule has 0 saturated heterocycles. The summed E-state index contributed by atoms with van der Waals surface area (Å²) >= 11 is 0. The molecule has 0 spiro atoms. The molecule has 0 aliphatic heterocycles. The Labute approximate surface area is 57.3 Å². The van der Waals surface area contributed by atoms with Gasteiger partial charge in [0.2, 0.25) is 0 Å². The molecular formula is NiP2W-6. The van der Waals surface area contributed by atoms with Gasteiger partial charge in [0.15, 0.2) is 0 Å². The first-order valence-corrected chi connectivity index (χ1v) is 0. The topological polar surface area (TPSA) is 0 Å². The van der Waals surface area contributed by atoms with Gasteiger partial charge in [-0.3, -0.25) is 0 Å². The van der Waals surface area contributed by atoms with Gasteiger partial charge in [0, 0.05) is 37.6 Å². The Balaban J connectivity index is 0. The van der Waals surface area contributed by atoms with Crippen LogP contribution in [0.4, 0.5) is 0 Å². The Morgan fingerprint density at radius 3 is 0.750 bits per heavy atom. The molecular weight excluding hydrogens is 304 g/mol. The molecule has 32 valence electrons. The quantitative estimate of drug-likeness (QED) is 0.472. The van der Waals surface area contributed by atoms with Gasteiger partial charge >= 0.3 is 0 Å². The first-order chi connectivity index (χ1) is 0. The van der Waals surface area contributed by atoms with Gasteiger partial charge in [-0.25, -0.2) is 0 Å². The molecule has 0 saturated carbocycles. The zero-order valence-electron chi connectivity index (χ0n) is 1.62. The minimum atomic E-state index is 0. The van der Waals surface area contributed by atoms with Gasteiger partial charge < -0.3 is 19.8 Å². The van der Waals surface area contributed by atoms with Crippen LogP contribution in [0.15, 0.2) is 0 Å². The number of hydrogen-bond donors (Lipinski definition) is 0. The second-order valence-corrected chi connectivity index (χ2v) is 0. The molecule has 0 heterocycles. The van der Waals surface area contributed by atoms with Gasteiger partial charge in [-0.2, -0.15) is 0 Å². The maximum atomic E-state index is 0. The van der Waals surface area contributed by atoms with E-state index in [1.807, 2.05) is 0 Å². The van der Waals surface area contributed by atoms with E-state index < -0.39 is 0 Å². The number of rotatable bonds is 0. The van der Waals surface area contributed by atoms with Crippen molar-refractivity contribution in [3.05, 3.63) is 0 Å². The third-order valence-corrected chi connectivity index (χ3v) is 0. The average Bonchev–Trinajstić information content (AvgIpc) is 0. The Morgan fingerprint density at radius 1 is 0.750 bits per heavy atom. The van der Waals surface area contributed by atoms with Gasteiger partial charge in [-0.1, -0.05) is 0 Å². The summed E-state index contributed by atoms with van der Waals surface area (Å²) in [6.45, 7) is 0. The van der Waals surface area contributed by atoms with Crippen LogP contribution in [0.3, 0.4) is 0 Å². The van der Waals surface area contributed by atoms with Crippen LogP contribution in [-0.2, 0) is 37.6 Å². The molecule has 0 nitrogen and oxygen atoms in total. The molecule has 4 heavy (non-hydrogen) atoms. The van der Waals surface area contributed by atoms with E-state index in [1.165, 1.54) is 0 Å². The second-order valence-electron chi connectivity index (χ2n) is 0. The smallest absolute Gasteiger partial charge is 0 e. The summed E-state index contributed by atoms with van der Waals surface area (Å²) in [5, 5.41) is 0. The molecule has 0 aromatic heterocycles. The van der Waals surface area contributed by atoms with Crippen molar-refractivity contribution in [3.8, 4) is 0 Å². The largest absolute Gasteiger partial charge is 3.00 e. The second kappa shape index (κ2) is 19.8. The summed E-state index contributed by atoms with van der Waals surface area (Å²) in [7, 11) is 0. The van der Waals surface area contributed by atoms with Gasteiger partial charge in [0.05, 0.1) is 0 Å². The normalized spacial score (nSPS) is 0. The molecule has 0 fully saturated rings. The molecule has 0 rings (SSSR count). The average molecular weight is 304 g/mol. The van der Waals surface area contributed by atoms with Crippen molar-refractivity contribution in [2.24, 2.45) is 0 Å². The van der Waals surface area contributed by atoms with Crippen molar-refractivity contribution in [1.29, 1.82) is 0 Å². The summed E-state index contributed by atoms with van der Waals surface area (Å²) in [5.74, 6) is 0. The SMILES string of the molecule is [Ni].[P-3].[P-3].[W]. The molecule has 0 atom stereocenters. The van der Waals surface area contributed by atoms with Crippen LogP contribution in [0.2, 0.25) is 0 Å². The molecule has 0 aliphatic carbocycles. The first-order valence-electron chi connectivity index (χ1n) is 0. The van der Waals surface area contributed by atoms with Crippen molar-refractivity contribution in [2.75, 3.05) is 0 Å². The molecule has 4 heteroatoms. The van der Waals surface area contributed by atoms with Crippen LogP contribution in [-0.4, -0.2) is 0 Å². The van der Waals surface area contributed by atoms with Crippen LogP contribution >= 0.6 is 19.8 Å². The van der Waals surface area contributed by atoms with Gasteiger partial charge in [0.25, 0.3) is 0 Å². The molecule has 0 N–H and O–H groups in total. The fraction of sp³-hybridized carbons (Fsp3) is 0. The van der Waals surface area contributed by atoms with Gasteiger partial charge in [0.1, 0.15) is 0 Å². The summed E-state index contributed by atoms with van der Waals surface area (Å²) in [6, 6.07) is 0. The first kappa shape index (κ1) is 36.8. The van der Waals surface area contributed by atoms with Gasteiger partial charge in [-0.05, 0) is 0 Å². The predicted octanol–water partition coefficient (Wildman–Crippen LogP) is 1.72. The standard InChI is InChI=1S/Ni.2P.W/q;2*-3;. The monoisotopic (exact) mass is 304 g/mol. The molecule has 0 bridgehead atoms. The zero-order chi connectivity index (χ0) is 0. The minimum Gasteiger partial charge on any atom is -3.00 e. The van der Waals surface area contributed by atoms with Gasteiger partial charge in [-0.15, -0.1) is 0 Å². The van der Waals surface area contributed by atoms with E-state index >= 15 is 0 Å². The van der Waals surface area contributed by atoms with E-state index in [2.05, 4.69) is 0 Å². The fourth-order valence-corrected chi connectivity index (χ4v) is 0. The van der Waals surface area contributed by atoms with Crippen LogP contribution in [0.25, 0.3) is 0 Å². The summed E-state index contributed by atoms with van der Waals surface area (Å²) in [6.07, 6.45) is 0. The molecule has 0 unspecified atom stereocenters. The Hall–Kier alpha value is 2.04. The summed E-state index contributed by atoms with van der Waals surface area (Å²) < 4.78 is 0. The van der Waals surface area contributed by atoms with Crippen molar-refractivity contribution in [1.82, 2.24) is 0 Å². The van der Waals surface area contributed by atoms with Crippen molar-refractivity contribution < 1.29 is 37.6 Å². The molecule has 0 aromatic rings. The summed E-state index contributed by atoms with van der Waals surface area (Å²) in [5.41, 5.74) is 0. The Kier molecular flexibility index (Phi) is 182. The molecule has 0 aliphatic rings. The number of hydrogen-bond acceptors (Lipinski definition) is 0. The predicted molar refractivity (Wildman–Crippen MR) is 13.8 cm³/mol. The third kappa shape index (κ3) is 8.97. The van der Waals surface area contributed by atoms with Crippen molar-refractivity contribution >= 4 is 19.8 Å². The zero-order valence-corrected chi connectivity index (χ0v) is 7.33. The molecule has 0 radical (unpaired) electrons. The molecule has 0 aromatic carbocycles. The Bertz CT molecular complexity index is 6.00. The van der Waals surface area contributed by atoms with Crippen molar-refractivity contribution in [2.45, 2.75) is 0 Å². The maximum Gasteiger partial charge on any atom is 0 e. The van der Waals surface area contributed by atoms with Crippen LogP contribution in [0.5, 0.6) is 0 Å². The van der Waals surface area contributed by atoms with Crippen LogP contribution < -0.4 is 0 Å². The van der Waals surface area contributed by atoms with Crippen molar-refractivity contribution in [3.63, 3.8) is 0 Å². The minimum absolute atomic E-state index is 0. The van der Waals surface area contributed by atoms with E-state index in [4.69, 9.17) is 0 Å².